The fourth-order valence-electron chi connectivity index (χ4n) is 1.37. The Morgan fingerprint density at radius 3 is 2.50 bits per heavy atom. The van der Waals surface area contributed by atoms with Gasteiger partial charge in [-0.05, 0) is 11.6 Å². The van der Waals surface area contributed by atoms with Gasteiger partial charge in [0, 0.05) is 13.6 Å². The molecule has 0 aromatic carbocycles. The molecule has 0 spiro atoms. The van der Waals surface area contributed by atoms with E-state index in [-0.39, 0.29) is 12.4 Å². The van der Waals surface area contributed by atoms with Crippen LogP contribution in [0.4, 0.5) is 11.5 Å². The van der Waals surface area contributed by atoms with Gasteiger partial charge in [0.25, 0.3) is 5.56 Å². The Hall–Kier alpha value is -1.92. The first-order chi connectivity index (χ1) is 7.54. The average Bonchev–Trinajstić information content (AvgIpc) is 2.27. The summed E-state index contributed by atoms with van der Waals surface area (Å²) < 4.78 is 2.03. The highest BCUT2D eigenvalue weighted by Crippen LogP contribution is 2.12. The van der Waals surface area contributed by atoms with Gasteiger partial charge in [-0.3, -0.25) is 13.9 Å². The van der Waals surface area contributed by atoms with E-state index in [1.165, 1.54) is 7.05 Å². The lowest BCUT2D eigenvalue weighted by Crippen LogP contribution is -2.39. The van der Waals surface area contributed by atoms with E-state index in [0.717, 1.165) is 15.6 Å². The molecule has 1 aromatic rings. The van der Waals surface area contributed by atoms with E-state index in [0.29, 0.717) is 6.42 Å². The van der Waals surface area contributed by atoms with Gasteiger partial charge in [-0.2, -0.15) is 0 Å². The van der Waals surface area contributed by atoms with Crippen molar-refractivity contribution < 1.29 is 0 Å². The van der Waals surface area contributed by atoms with E-state index in [9.17, 15) is 14.5 Å². The first-order valence-corrected chi connectivity index (χ1v) is 4.97. The molecule has 2 N–H and O–H groups in total. The fourth-order valence-corrected chi connectivity index (χ4v) is 1.37. The summed E-state index contributed by atoms with van der Waals surface area (Å²) in [5.41, 5.74) is 3.80. The topological polar surface area (TPSA) is 99.4 Å². The zero-order chi connectivity index (χ0) is 12.3. The number of unbranched alkanes of at least 4 members (excludes halogenated alkanes) is 1. The third kappa shape index (κ3) is 1.88. The van der Waals surface area contributed by atoms with Crippen LogP contribution < -0.4 is 17.0 Å². The summed E-state index contributed by atoms with van der Waals surface area (Å²) in [7, 11) is 1.40. The van der Waals surface area contributed by atoms with Gasteiger partial charge in [0.15, 0.2) is 0 Å². The van der Waals surface area contributed by atoms with Crippen LogP contribution in [0.15, 0.2) is 14.8 Å². The van der Waals surface area contributed by atoms with Crippen LogP contribution in [0.25, 0.3) is 0 Å². The first-order valence-electron chi connectivity index (χ1n) is 4.97. The van der Waals surface area contributed by atoms with Crippen molar-refractivity contribution in [2.45, 2.75) is 26.3 Å². The van der Waals surface area contributed by atoms with Crippen molar-refractivity contribution >= 4 is 11.5 Å². The molecule has 1 heterocycles. The minimum Gasteiger partial charge on any atom is -0.383 e. The minimum absolute atomic E-state index is 0.197. The van der Waals surface area contributed by atoms with Gasteiger partial charge in [-0.25, -0.2) is 4.79 Å². The van der Waals surface area contributed by atoms with E-state index in [1.807, 2.05) is 6.92 Å². The van der Waals surface area contributed by atoms with Crippen LogP contribution in [-0.2, 0) is 13.6 Å². The number of hydrogen-bond acceptors (Lipinski definition) is 5. The van der Waals surface area contributed by atoms with Gasteiger partial charge in [0.05, 0.1) is 0 Å². The summed E-state index contributed by atoms with van der Waals surface area (Å²) in [5, 5.41) is 2.57. The van der Waals surface area contributed by atoms with Gasteiger partial charge < -0.3 is 5.73 Å². The fraction of sp³-hybridized carbons (Fsp3) is 0.556. The number of aromatic nitrogens is 2. The lowest BCUT2D eigenvalue weighted by atomic mass is 10.3. The molecule has 1 rings (SSSR count). The van der Waals surface area contributed by atoms with Crippen LogP contribution in [0, 0.1) is 4.91 Å². The highest BCUT2D eigenvalue weighted by atomic mass is 16.3. The molecule has 7 heteroatoms. The molecule has 0 radical (unpaired) electrons. The predicted octanol–water partition coefficient (Wildman–Crippen LogP) is 0.327. The average molecular weight is 226 g/mol. The second-order valence-corrected chi connectivity index (χ2v) is 3.48. The number of nitrogens with two attached hydrogens (primary N) is 1. The zero-order valence-corrected chi connectivity index (χ0v) is 9.27. The third-order valence-corrected chi connectivity index (χ3v) is 2.40. The predicted molar refractivity (Wildman–Crippen MR) is 60.7 cm³/mol. The van der Waals surface area contributed by atoms with Crippen molar-refractivity contribution in [2.24, 2.45) is 12.2 Å². The summed E-state index contributed by atoms with van der Waals surface area (Å²) in [6, 6.07) is 0. The Labute approximate surface area is 91.5 Å². The SMILES string of the molecule is CCCCn1c(=O)c(N=O)c(N)n(C)c1=O. The van der Waals surface area contributed by atoms with Crippen LogP contribution in [-0.4, -0.2) is 9.13 Å². The van der Waals surface area contributed by atoms with Crippen molar-refractivity contribution in [1.82, 2.24) is 9.13 Å². The Kier molecular flexibility index (Phi) is 3.60. The van der Waals surface area contributed by atoms with E-state index in [4.69, 9.17) is 5.73 Å². The van der Waals surface area contributed by atoms with Gasteiger partial charge in [0.1, 0.15) is 5.82 Å². The molecule has 0 unspecified atom stereocenters. The second-order valence-electron chi connectivity index (χ2n) is 3.48. The lowest BCUT2D eigenvalue weighted by Gasteiger charge is -2.09. The van der Waals surface area contributed by atoms with Gasteiger partial charge in [-0.1, -0.05) is 13.3 Å². The van der Waals surface area contributed by atoms with Crippen molar-refractivity contribution in [3.63, 3.8) is 0 Å². The molecule has 1 aromatic heterocycles. The number of nitrogens with zero attached hydrogens (tertiary/aromatic N) is 3. The smallest absolute Gasteiger partial charge is 0.332 e. The molecule has 16 heavy (non-hydrogen) atoms. The summed E-state index contributed by atoms with van der Waals surface area (Å²) in [6.45, 7) is 2.20. The van der Waals surface area contributed by atoms with E-state index in [1.54, 1.807) is 0 Å². The monoisotopic (exact) mass is 226 g/mol. The van der Waals surface area contributed by atoms with E-state index < -0.39 is 16.9 Å². The zero-order valence-electron chi connectivity index (χ0n) is 9.27. The standard InChI is InChI=1S/C9H14N4O3/c1-3-4-5-13-8(14)6(11-16)7(10)12(2)9(13)15/h3-5,10H2,1-2H3. The maximum Gasteiger partial charge on any atom is 0.332 e. The molecule has 0 saturated carbocycles. The van der Waals surface area contributed by atoms with Crippen LogP contribution in [0.5, 0.6) is 0 Å². The highest BCUT2D eigenvalue weighted by Gasteiger charge is 2.15. The molecular weight excluding hydrogens is 212 g/mol. The van der Waals surface area contributed by atoms with Crippen LogP contribution in [0.1, 0.15) is 19.8 Å². The van der Waals surface area contributed by atoms with Crippen molar-refractivity contribution in [2.75, 3.05) is 5.73 Å². The maximum absolute atomic E-state index is 11.7. The van der Waals surface area contributed by atoms with Crippen molar-refractivity contribution in [3.05, 3.63) is 25.7 Å². The van der Waals surface area contributed by atoms with Crippen molar-refractivity contribution in [1.29, 1.82) is 0 Å². The molecule has 0 aliphatic carbocycles. The highest BCUT2D eigenvalue weighted by molar-refractivity contribution is 5.55. The largest absolute Gasteiger partial charge is 0.383 e. The molecule has 88 valence electrons. The van der Waals surface area contributed by atoms with E-state index >= 15 is 0 Å². The molecule has 0 saturated heterocycles. The quantitative estimate of drug-likeness (QED) is 0.747. The van der Waals surface area contributed by atoms with Crippen LogP contribution in [0.2, 0.25) is 0 Å². The first kappa shape index (κ1) is 12.2. The molecule has 0 amide bonds. The number of nitrogen functional groups attached to an aromatic ring is 1. The number of anilines is 1. The molecule has 0 atom stereocenters. The van der Waals surface area contributed by atoms with Gasteiger partial charge in [-0.15, -0.1) is 4.91 Å². The lowest BCUT2D eigenvalue weighted by molar-refractivity contribution is 0.561. The van der Waals surface area contributed by atoms with Gasteiger partial charge >= 0.3 is 5.69 Å². The molecule has 0 aliphatic rings. The van der Waals surface area contributed by atoms with Gasteiger partial charge in [0.2, 0.25) is 5.69 Å². The molecule has 0 aliphatic heterocycles. The molecule has 0 fully saturated rings. The Balaban J connectivity index is 3.50. The Bertz CT molecular complexity index is 515. The maximum atomic E-state index is 11.7. The summed E-state index contributed by atoms with van der Waals surface area (Å²) in [4.78, 5) is 33.8. The molecule has 7 nitrogen and oxygen atoms in total. The molecule has 0 bridgehead atoms. The minimum atomic E-state index is -0.718. The van der Waals surface area contributed by atoms with Crippen LogP contribution >= 0.6 is 0 Å². The molecular formula is C9H14N4O3. The number of hydrogen-bond donors (Lipinski definition) is 1. The summed E-state index contributed by atoms with van der Waals surface area (Å²) in [5.74, 6) is -0.197. The Morgan fingerprint density at radius 1 is 1.38 bits per heavy atom. The normalized spacial score (nSPS) is 10.4. The Morgan fingerprint density at radius 2 is 2.00 bits per heavy atom. The van der Waals surface area contributed by atoms with Crippen LogP contribution in [0.3, 0.4) is 0 Å². The summed E-state index contributed by atoms with van der Waals surface area (Å²) >= 11 is 0. The van der Waals surface area contributed by atoms with E-state index in [2.05, 4.69) is 5.18 Å². The summed E-state index contributed by atoms with van der Waals surface area (Å²) in [6.07, 6.45) is 1.52. The number of nitroso groups, excluding NO2 is 1. The van der Waals surface area contributed by atoms with Crippen molar-refractivity contribution in [3.8, 4) is 0 Å². The second kappa shape index (κ2) is 4.73. The third-order valence-electron chi connectivity index (χ3n) is 2.40. The number of rotatable bonds is 4.